The second kappa shape index (κ2) is 5.41. The highest BCUT2D eigenvalue weighted by Gasteiger charge is 2.29. The van der Waals surface area contributed by atoms with Gasteiger partial charge in [-0.05, 0) is 64.3 Å². The summed E-state index contributed by atoms with van der Waals surface area (Å²) in [7, 11) is 2.18. The van der Waals surface area contributed by atoms with E-state index in [1.807, 2.05) is 0 Å². The minimum Gasteiger partial charge on any atom is -0.324 e. The number of benzene rings is 1. The van der Waals surface area contributed by atoms with Crippen molar-refractivity contribution in [2.45, 2.75) is 45.1 Å². The predicted octanol–water partition coefficient (Wildman–Crippen LogP) is 2.66. The molecule has 0 aromatic heterocycles. The van der Waals surface area contributed by atoms with Crippen molar-refractivity contribution >= 4 is 0 Å². The van der Waals surface area contributed by atoms with Crippen LogP contribution in [0.25, 0.3) is 0 Å². The van der Waals surface area contributed by atoms with Crippen LogP contribution >= 0.6 is 0 Å². The van der Waals surface area contributed by atoms with Gasteiger partial charge in [-0.25, -0.2) is 0 Å². The third-order valence-corrected chi connectivity index (χ3v) is 4.19. The Morgan fingerprint density at radius 2 is 2.11 bits per heavy atom. The maximum Gasteiger partial charge on any atom is 0.0286 e. The van der Waals surface area contributed by atoms with Gasteiger partial charge in [0.05, 0.1) is 0 Å². The smallest absolute Gasteiger partial charge is 0.0286 e. The number of likely N-dealkylation sites (tertiary alicyclic amines) is 1. The fraction of sp³-hybridized carbons (Fsp3) is 0.625. The monoisotopic (exact) mass is 246 g/mol. The van der Waals surface area contributed by atoms with E-state index in [2.05, 4.69) is 44.0 Å². The van der Waals surface area contributed by atoms with Crippen molar-refractivity contribution in [2.75, 3.05) is 20.1 Å². The molecule has 0 saturated carbocycles. The first kappa shape index (κ1) is 13.6. The largest absolute Gasteiger partial charge is 0.324 e. The zero-order valence-corrected chi connectivity index (χ0v) is 12.0. The normalized spacial score (nSPS) is 25.3. The van der Waals surface area contributed by atoms with Crippen LogP contribution in [-0.2, 0) is 6.42 Å². The van der Waals surface area contributed by atoms with E-state index < -0.39 is 0 Å². The molecule has 2 N–H and O–H groups in total. The molecule has 0 radical (unpaired) electrons. The van der Waals surface area contributed by atoms with E-state index in [0.717, 1.165) is 19.4 Å². The molecule has 0 bridgehead atoms. The Labute approximate surface area is 111 Å². The summed E-state index contributed by atoms with van der Waals surface area (Å²) in [6, 6.07) is 6.74. The first-order valence-corrected chi connectivity index (χ1v) is 7.02. The number of rotatable bonds is 3. The molecule has 0 aliphatic carbocycles. The van der Waals surface area contributed by atoms with Crippen LogP contribution in [-0.4, -0.2) is 30.6 Å². The second-order valence-corrected chi connectivity index (χ2v) is 6.13. The standard InChI is InChI=1S/C16H26N2/c1-13-5-6-15(14(2)11-13)7-9-16(17)8-4-10-18(3)12-16/h5-6,11H,4,7-10,12,17H2,1-3H3. The Kier molecular flexibility index (Phi) is 4.08. The highest BCUT2D eigenvalue weighted by molar-refractivity contribution is 5.30. The predicted molar refractivity (Wildman–Crippen MR) is 77.9 cm³/mol. The molecule has 0 spiro atoms. The summed E-state index contributed by atoms with van der Waals surface area (Å²) in [6.07, 6.45) is 4.61. The zero-order chi connectivity index (χ0) is 13.2. The third-order valence-electron chi connectivity index (χ3n) is 4.19. The topological polar surface area (TPSA) is 29.3 Å². The lowest BCUT2D eigenvalue weighted by Crippen LogP contribution is -2.53. The van der Waals surface area contributed by atoms with Gasteiger partial charge in [0.2, 0.25) is 0 Å². The van der Waals surface area contributed by atoms with Gasteiger partial charge in [-0.3, -0.25) is 0 Å². The van der Waals surface area contributed by atoms with Gasteiger partial charge in [0.15, 0.2) is 0 Å². The number of aryl methyl sites for hydroxylation is 3. The molecule has 100 valence electrons. The Morgan fingerprint density at radius 3 is 2.78 bits per heavy atom. The first-order chi connectivity index (χ1) is 8.48. The molecule has 1 aromatic rings. The molecular weight excluding hydrogens is 220 g/mol. The lowest BCUT2D eigenvalue weighted by atomic mass is 9.84. The summed E-state index contributed by atoms with van der Waals surface area (Å²) in [5.74, 6) is 0. The average molecular weight is 246 g/mol. The fourth-order valence-corrected chi connectivity index (χ4v) is 3.11. The van der Waals surface area contributed by atoms with Crippen LogP contribution in [0.5, 0.6) is 0 Å². The Morgan fingerprint density at radius 1 is 1.33 bits per heavy atom. The molecule has 1 fully saturated rings. The quantitative estimate of drug-likeness (QED) is 0.888. The van der Waals surface area contributed by atoms with Crippen LogP contribution in [0.1, 0.15) is 36.0 Å². The summed E-state index contributed by atoms with van der Waals surface area (Å²) in [4.78, 5) is 2.37. The molecule has 1 unspecified atom stereocenters. The SMILES string of the molecule is Cc1ccc(CCC2(N)CCCN(C)C2)c(C)c1. The number of nitrogens with two attached hydrogens (primary N) is 1. The van der Waals surface area contributed by atoms with Gasteiger partial charge in [0.1, 0.15) is 0 Å². The van der Waals surface area contributed by atoms with Gasteiger partial charge in [0, 0.05) is 12.1 Å². The summed E-state index contributed by atoms with van der Waals surface area (Å²) in [5.41, 5.74) is 10.8. The van der Waals surface area contributed by atoms with E-state index in [1.54, 1.807) is 0 Å². The van der Waals surface area contributed by atoms with Crippen LogP contribution in [0.3, 0.4) is 0 Å². The number of piperidine rings is 1. The maximum absolute atomic E-state index is 6.54. The molecule has 1 atom stereocenters. The van der Waals surface area contributed by atoms with E-state index in [9.17, 15) is 0 Å². The Bertz CT molecular complexity index is 414. The molecule has 2 nitrogen and oxygen atoms in total. The molecule has 1 aromatic carbocycles. The molecule has 18 heavy (non-hydrogen) atoms. The molecule has 1 aliphatic rings. The summed E-state index contributed by atoms with van der Waals surface area (Å²) in [6.45, 7) is 6.59. The fourth-order valence-electron chi connectivity index (χ4n) is 3.11. The number of nitrogens with zero attached hydrogens (tertiary/aromatic N) is 1. The number of likely N-dealkylation sites (N-methyl/N-ethyl adjacent to an activating group) is 1. The van der Waals surface area contributed by atoms with Gasteiger partial charge in [0.25, 0.3) is 0 Å². The average Bonchev–Trinajstić information content (AvgIpc) is 2.27. The van der Waals surface area contributed by atoms with Crippen LogP contribution in [0, 0.1) is 13.8 Å². The van der Waals surface area contributed by atoms with Gasteiger partial charge in [-0.15, -0.1) is 0 Å². The van der Waals surface area contributed by atoms with Gasteiger partial charge in [-0.2, -0.15) is 0 Å². The lowest BCUT2D eigenvalue weighted by Gasteiger charge is -2.38. The third kappa shape index (κ3) is 3.33. The van der Waals surface area contributed by atoms with Crippen LogP contribution in [0.4, 0.5) is 0 Å². The van der Waals surface area contributed by atoms with Crippen molar-refractivity contribution in [3.63, 3.8) is 0 Å². The number of hydrogen-bond acceptors (Lipinski definition) is 2. The second-order valence-electron chi connectivity index (χ2n) is 6.13. The minimum atomic E-state index is 0.0182. The molecule has 1 saturated heterocycles. The van der Waals surface area contributed by atoms with Crippen LogP contribution in [0.2, 0.25) is 0 Å². The highest BCUT2D eigenvalue weighted by atomic mass is 15.1. The maximum atomic E-state index is 6.54. The van der Waals surface area contributed by atoms with Gasteiger partial charge in [-0.1, -0.05) is 23.8 Å². The first-order valence-electron chi connectivity index (χ1n) is 7.02. The summed E-state index contributed by atoms with van der Waals surface area (Å²) in [5, 5.41) is 0. The Hall–Kier alpha value is -0.860. The summed E-state index contributed by atoms with van der Waals surface area (Å²) < 4.78 is 0. The Balaban J connectivity index is 1.98. The van der Waals surface area contributed by atoms with Gasteiger partial charge < -0.3 is 10.6 Å². The minimum absolute atomic E-state index is 0.0182. The molecule has 2 rings (SSSR count). The van der Waals surface area contributed by atoms with Crippen LogP contribution in [0.15, 0.2) is 18.2 Å². The molecular formula is C16H26N2. The highest BCUT2D eigenvalue weighted by Crippen LogP contribution is 2.24. The zero-order valence-electron chi connectivity index (χ0n) is 12.0. The van der Waals surface area contributed by atoms with Crippen molar-refractivity contribution in [3.05, 3.63) is 34.9 Å². The molecule has 0 amide bonds. The molecule has 1 heterocycles. The van der Waals surface area contributed by atoms with E-state index in [4.69, 9.17) is 5.73 Å². The summed E-state index contributed by atoms with van der Waals surface area (Å²) >= 11 is 0. The van der Waals surface area contributed by atoms with Crippen molar-refractivity contribution in [1.82, 2.24) is 4.90 Å². The number of hydrogen-bond donors (Lipinski definition) is 1. The van der Waals surface area contributed by atoms with Gasteiger partial charge >= 0.3 is 0 Å². The lowest BCUT2D eigenvalue weighted by molar-refractivity contribution is 0.170. The molecule has 1 aliphatic heterocycles. The van der Waals surface area contributed by atoms with E-state index in [-0.39, 0.29) is 5.54 Å². The van der Waals surface area contributed by atoms with Crippen LogP contribution < -0.4 is 5.73 Å². The van der Waals surface area contributed by atoms with E-state index in [0.29, 0.717) is 0 Å². The van der Waals surface area contributed by atoms with E-state index >= 15 is 0 Å². The van der Waals surface area contributed by atoms with Crippen molar-refractivity contribution in [1.29, 1.82) is 0 Å². The van der Waals surface area contributed by atoms with E-state index in [1.165, 1.54) is 36.1 Å². The van der Waals surface area contributed by atoms with Crippen molar-refractivity contribution < 1.29 is 0 Å². The molecule has 2 heteroatoms. The van der Waals surface area contributed by atoms with Crippen molar-refractivity contribution in [3.8, 4) is 0 Å². The van der Waals surface area contributed by atoms with Crippen molar-refractivity contribution in [2.24, 2.45) is 5.73 Å².